The quantitative estimate of drug-likeness (QED) is 0.649. The average Bonchev–Trinajstić information content (AvgIpc) is 3.18. The lowest BCUT2D eigenvalue weighted by atomic mass is 9.86. The Bertz CT molecular complexity index is 1230. The van der Waals surface area contributed by atoms with E-state index in [4.69, 9.17) is 9.47 Å². The van der Waals surface area contributed by atoms with Gasteiger partial charge in [-0.05, 0) is 35.2 Å². The molecule has 0 bridgehead atoms. The van der Waals surface area contributed by atoms with E-state index >= 15 is 0 Å². The van der Waals surface area contributed by atoms with Crippen molar-refractivity contribution in [1.82, 2.24) is 14.8 Å². The minimum absolute atomic E-state index is 0.0182. The molecule has 1 fully saturated rings. The van der Waals surface area contributed by atoms with Crippen molar-refractivity contribution >= 4 is 22.7 Å². The van der Waals surface area contributed by atoms with Gasteiger partial charge in [0, 0.05) is 29.6 Å². The van der Waals surface area contributed by atoms with Crippen molar-refractivity contribution in [3.8, 4) is 11.5 Å². The number of H-pyrrole nitrogens is 1. The third-order valence-corrected chi connectivity index (χ3v) is 6.65. The van der Waals surface area contributed by atoms with Crippen LogP contribution in [-0.4, -0.2) is 59.9 Å². The van der Waals surface area contributed by atoms with Crippen molar-refractivity contribution in [2.45, 2.75) is 32.4 Å². The molecular weight excluding hydrogens is 418 g/mol. The van der Waals surface area contributed by atoms with Crippen LogP contribution in [0.15, 0.2) is 42.5 Å². The normalized spacial score (nSPS) is 20.3. The van der Waals surface area contributed by atoms with Crippen LogP contribution in [0, 0.1) is 5.92 Å². The van der Waals surface area contributed by atoms with E-state index in [0.29, 0.717) is 30.4 Å². The van der Waals surface area contributed by atoms with Gasteiger partial charge in [-0.1, -0.05) is 38.1 Å². The lowest BCUT2D eigenvalue weighted by Crippen LogP contribution is -2.63. The van der Waals surface area contributed by atoms with E-state index in [1.165, 1.54) is 0 Å². The van der Waals surface area contributed by atoms with Crippen molar-refractivity contribution in [3.05, 3.63) is 59.3 Å². The lowest BCUT2D eigenvalue weighted by Gasteiger charge is -2.47. The van der Waals surface area contributed by atoms with Crippen LogP contribution in [0.4, 0.5) is 0 Å². The number of nitrogens with one attached hydrogen (secondary N) is 1. The second kappa shape index (κ2) is 8.14. The smallest absolute Gasteiger partial charge is 0.246 e. The molecule has 2 atom stereocenters. The molecular formula is C26H29N3O4. The van der Waals surface area contributed by atoms with Crippen molar-refractivity contribution in [2.75, 3.05) is 27.3 Å². The van der Waals surface area contributed by atoms with Gasteiger partial charge in [0.05, 0.1) is 26.8 Å². The van der Waals surface area contributed by atoms with Crippen molar-refractivity contribution < 1.29 is 19.1 Å². The number of piperazine rings is 1. The summed E-state index contributed by atoms with van der Waals surface area (Å²) < 4.78 is 11.0. The van der Waals surface area contributed by atoms with Gasteiger partial charge in [0.1, 0.15) is 6.04 Å². The Labute approximate surface area is 193 Å². The zero-order chi connectivity index (χ0) is 23.3. The maximum Gasteiger partial charge on any atom is 0.246 e. The van der Waals surface area contributed by atoms with Crippen molar-refractivity contribution in [3.63, 3.8) is 0 Å². The summed E-state index contributed by atoms with van der Waals surface area (Å²) in [5.41, 5.74) is 3.94. The Morgan fingerprint density at radius 2 is 1.82 bits per heavy atom. The predicted octanol–water partition coefficient (Wildman–Crippen LogP) is 3.53. The molecule has 1 saturated heterocycles. The second-order valence-corrected chi connectivity index (χ2v) is 9.21. The molecule has 0 saturated carbocycles. The highest BCUT2D eigenvalue weighted by molar-refractivity contribution is 5.97. The van der Waals surface area contributed by atoms with Crippen LogP contribution in [-0.2, 0) is 16.0 Å². The molecule has 2 aliphatic rings. The van der Waals surface area contributed by atoms with Crippen LogP contribution in [0.5, 0.6) is 11.5 Å². The van der Waals surface area contributed by atoms with E-state index < -0.39 is 12.1 Å². The van der Waals surface area contributed by atoms with Gasteiger partial charge in [-0.25, -0.2) is 0 Å². The van der Waals surface area contributed by atoms with E-state index in [-0.39, 0.29) is 18.4 Å². The van der Waals surface area contributed by atoms with Gasteiger partial charge in [0.25, 0.3) is 0 Å². The summed E-state index contributed by atoms with van der Waals surface area (Å²) >= 11 is 0. The largest absolute Gasteiger partial charge is 0.493 e. The first kappa shape index (κ1) is 21.4. The van der Waals surface area contributed by atoms with Gasteiger partial charge in [0.2, 0.25) is 11.8 Å². The highest BCUT2D eigenvalue weighted by Crippen LogP contribution is 2.44. The Morgan fingerprint density at radius 3 is 2.55 bits per heavy atom. The van der Waals surface area contributed by atoms with E-state index in [1.807, 2.05) is 36.4 Å². The molecule has 7 nitrogen and oxygen atoms in total. The molecule has 5 rings (SSSR count). The number of carbonyl (C=O) groups is 2. The van der Waals surface area contributed by atoms with Gasteiger partial charge < -0.3 is 24.3 Å². The third-order valence-electron chi connectivity index (χ3n) is 6.65. The molecule has 2 aliphatic heterocycles. The first-order valence-corrected chi connectivity index (χ1v) is 11.3. The summed E-state index contributed by atoms with van der Waals surface area (Å²) in [6.07, 6.45) is 0.502. The van der Waals surface area contributed by atoms with Gasteiger partial charge >= 0.3 is 0 Å². The minimum Gasteiger partial charge on any atom is -0.493 e. The number of ether oxygens (including phenoxy) is 2. The number of amides is 2. The predicted molar refractivity (Wildman–Crippen MR) is 125 cm³/mol. The summed E-state index contributed by atoms with van der Waals surface area (Å²) in [5, 5.41) is 1.10. The Balaban J connectivity index is 1.69. The van der Waals surface area contributed by atoms with Crippen LogP contribution >= 0.6 is 0 Å². The molecule has 0 aliphatic carbocycles. The van der Waals surface area contributed by atoms with Crippen LogP contribution in [0.2, 0.25) is 0 Å². The number of para-hydroxylation sites is 1. The Hall–Kier alpha value is -3.48. The first-order valence-electron chi connectivity index (χ1n) is 11.3. The first-order chi connectivity index (χ1) is 15.9. The molecule has 0 unspecified atom stereocenters. The number of rotatable bonds is 5. The summed E-state index contributed by atoms with van der Waals surface area (Å²) in [7, 11) is 3.19. The van der Waals surface area contributed by atoms with Crippen LogP contribution in [0.3, 0.4) is 0 Å². The topological polar surface area (TPSA) is 74.9 Å². The fourth-order valence-electron chi connectivity index (χ4n) is 5.29. The number of benzene rings is 2. The van der Waals surface area contributed by atoms with E-state index in [2.05, 4.69) is 24.9 Å². The second-order valence-electron chi connectivity index (χ2n) is 9.21. The zero-order valence-electron chi connectivity index (χ0n) is 19.4. The van der Waals surface area contributed by atoms with Gasteiger partial charge in [-0.15, -0.1) is 0 Å². The number of hydrogen-bond donors (Lipinski definition) is 1. The molecule has 33 heavy (non-hydrogen) atoms. The van der Waals surface area contributed by atoms with Crippen molar-refractivity contribution in [2.24, 2.45) is 5.92 Å². The van der Waals surface area contributed by atoms with Crippen molar-refractivity contribution in [1.29, 1.82) is 0 Å². The van der Waals surface area contributed by atoms with E-state index in [0.717, 1.165) is 27.7 Å². The van der Waals surface area contributed by atoms with Gasteiger partial charge in [-0.2, -0.15) is 0 Å². The van der Waals surface area contributed by atoms with Crippen LogP contribution in [0.25, 0.3) is 10.9 Å². The van der Waals surface area contributed by atoms with Gasteiger partial charge in [0.15, 0.2) is 11.5 Å². The highest BCUT2D eigenvalue weighted by Gasteiger charge is 2.48. The molecule has 0 radical (unpaired) electrons. The number of fused-ring (bicyclic) bond motifs is 4. The number of aromatic amines is 1. The summed E-state index contributed by atoms with van der Waals surface area (Å²) in [4.78, 5) is 34.2. The standard InChI is InChI=1S/C26H29N3O4/c1-15(2)13-28-14-23(30)29-20(26(28)31)12-18-17-7-5-6-8-19(17)27-24(18)25(29)16-9-10-21(32-3)22(11-16)33-4/h5-11,15,20,25,27H,12-14H2,1-4H3/t20-,25+/m0/s1. The number of nitrogens with zero attached hydrogens (tertiary/aromatic N) is 2. The molecule has 7 heteroatoms. The fourth-order valence-corrected chi connectivity index (χ4v) is 5.29. The maximum atomic E-state index is 13.6. The SMILES string of the molecule is COc1ccc([C@@H]2c3[nH]c4ccccc4c3C[C@H]3C(=O)N(CC(C)C)CC(=O)N23)cc1OC. The van der Waals surface area contributed by atoms with E-state index in [9.17, 15) is 9.59 Å². The molecule has 1 aromatic heterocycles. The Kier molecular flexibility index (Phi) is 5.27. The average molecular weight is 448 g/mol. The number of methoxy groups -OCH3 is 2. The summed E-state index contributed by atoms with van der Waals surface area (Å²) in [6.45, 7) is 4.81. The van der Waals surface area contributed by atoms with Crippen LogP contribution in [0.1, 0.15) is 36.7 Å². The summed E-state index contributed by atoms with van der Waals surface area (Å²) in [5.74, 6) is 1.48. The molecule has 3 heterocycles. The number of carbonyl (C=O) groups excluding carboxylic acids is 2. The fraction of sp³-hybridized carbons (Fsp3) is 0.385. The molecule has 2 amide bonds. The lowest BCUT2D eigenvalue weighted by molar-refractivity contribution is -0.159. The van der Waals surface area contributed by atoms with Gasteiger partial charge in [-0.3, -0.25) is 9.59 Å². The minimum atomic E-state index is -0.533. The summed E-state index contributed by atoms with van der Waals surface area (Å²) in [6, 6.07) is 12.9. The Morgan fingerprint density at radius 1 is 1.06 bits per heavy atom. The highest BCUT2D eigenvalue weighted by atomic mass is 16.5. The van der Waals surface area contributed by atoms with E-state index in [1.54, 1.807) is 24.0 Å². The van der Waals surface area contributed by atoms with Crippen LogP contribution < -0.4 is 9.47 Å². The zero-order valence-corrected chi connectivity index (χ0v) is 19.4. The molecule has 172 valence electrons. The number of aromatic nitrogens is 1. The monoisotopic (exact) mass is 447 g/mol. The molecule has 1 N–H and O–H groups in total. The molecule has 0 spiro atoms. The number of hydrogen-bond acceptors (Lipinski definition) is 4. The molecule has 2 aromatic carbocycles. The third kappa shape index (κ3) is 3.43. The maximum absolute atomic E-state index is 13.6. The molecule has 3 aromatic rings.